The maximum atomic E-state index is 12.4. The summed E-state index contributed by atoms with van der Waals surface area (Å²) in [5.74, 6) is 1.44. The van der Waals surface area contributed by atoms with Crippen LogP contribution in [0.25, 0.3) is 0 Å². The van der Waals surface area contributed by atoms with Crippen LogP contribution in [0, 0.1) is 13.8 Å². The molecule has 2 aromatic carbocycles. The molecule has 110 valence electrons. The molecule has 0 fully saturated rings. The first-order valence-electron chi connectivity index (χ1n) is 6.94. The lowest BCUT2D eigenvalue weighted by Gasteiger charge is -2.16. The summed E-state index contributed by atoms with van der Waals surface area (Å²) in [7, 11) is 1.60. The highest BCUT2D eigenvalue weighted by atomic mass is 16.5. The van der Waals surface area contributed by atoms with E-state index in [4.69, 9.17) is 9.47 Å². The monoisotopic (exact) mass is 284 g/mol. The Bertz CT molecular complexity index is 629. The van der Waals surface area contributed by atoms with Crippen molar-refractivity contribution in [2.45, 2.75) is 26.9 Å². The van der Waals surface area contributed by atoms with Gasteiger partial charge in [-0.05, 0) is 62.2 Å². The van der Waals surface area contributed by atoms with Crippen LogP contribution in [0.2, 0.25) is 0 Å². The van der Waals surface area contributed by atoms with Crippen LogP contribution < -0.4 is 9.47 Å². The van der Waals surface area contributed by atoms with Gasteiger partial charge >= 0.3 is 0 Å². The number of benzene rings is 2. The number of ether oxygens (including phenoxy) is 2. The smallest absolute Gasteiger partial charge is 0.202 e. The van der Waals surface area contributed by atoms with Crippen molar-refractivity contribution in [1.82, 2.24) is 0 Å². The normalized spacial score (nSPS) is 11.8. The lowest BCUT2D eigenvalue weighted by atomic mass is 10.1. The van der Waals surface area contributed by atoms with Gasteiger partial charge in [-0.3, -0.25) is 4.79 Å². The molecule has 2 rings (SSSR count). The quantitative estimate of drug-likeness (QED) is 0.780. The molecule has 2 aromatic rings. The van der Waals surface area contributed by atoms with Gasteiger partial charge < -0.3 is 9.47 Å². The standard InChI is InChI=1S/C18H20O3/c1-12-6-5-7-17(13(12)2)21-14(3)18(19)15-8-10-16(20-4)11-9-15/h5-11,14H,1-4H3. The highest BCUT2D eigenvalue weighted by Gasteiger charge is 2.18. The van der Waals surface area contributed by atoms with Gasteiger partial charge in [0.25, 0.3) is 0 Å². The van der Waals surface area contributed by atoms with Crippen molar-refractivity contribution in [3.63, 3.8) is 0 Å². The van der Waals surface area contributed by atoms with Crippen molar-refractivity contribution in [3.8, 4) is 11.5 Å². The molecule has 0 aliphatic heterocycles. The van der Waals surface area contributed by atoms with Crippen molar-refractivity contribution in [2.75, 3.05) is 7.11 Å². The number of rotatable bonds is 5. The summed E-state index contributed by atoms with van der Waals surface area (Å²) >= 11 is 0. The number of carbonyl (C=O) groups is 1. The van der Waals surface area contributed by atoms with Gasteiger partial charge in [0.15, 0.2) is 6.10 Å². The van der Waals surface area contributed by atoms with E-state index in [0.29, 0.717) is 5.56 Å². The van der Waals surface area contributed by atoms with Crippen LogP contribution in [0.3, 0.4) is 0 Å². The fraction of sp³-hybridized carbons (Fsp3) is 0.278. The molecule has 3 heteroatoms. The molecular formula is C18H20O3. The molecular weight excluding hydrogens is 264 g/mol. The van der Waals surface area contributed by atoms with E-state index in [2.05, 4.69) is 0 Å². The molecule has 0 saturated carbocycles. The van der Waals surface area contributed by atoms with Gasteiger partial charge in [-0.1, -0.05) is 12.1 Å². The second-order valence-electron chi connectivity index (χ2n) is 5.05. The van der Waals surface area contributed by atoms with E-state index < -0.39 is 6.10 Å². The first-order valence-corrected chi connectivity index (χ1v) is 6.94. The minimum atomic E-state index is -0.529. The van der Waals surface area contributed by atoms with E-state index in [9.17, 15) is 4.79 Å². The SMILES string of the molecule is COc1ccc(C(=O)C(C)Oc2cccc(C)c2C)cc1. The Morgan fingerprint density at radius 3 is 2.33 bits per heavy atom. The van der Waals surface area contributed by atoms with Crippen LogP contribution >= 0.6 is 0 Å². The zero-order chi connectivity index (χ0) is 15.4. The molecule has 0 aromatic heterocycles. The van der Waals surface area contributed by atoms with E-state index in [0.717, 1.165) is 22.6 Å². The summed E-state index contributed by atoms with van der Waals surface area (Å²) < 4.78 is 10.9. The van der Waals surface area contributed by atoms with Crippen LogP contribution in [0.15, 0.2) is 42.5 Å². The van der Waals surface area contributed by atoms with Crippen molar-refractivity contribution in [1.29, 1.82) is 0 Å². The molecule has 0 heterocycles. The number of Topliss-reactive ketones (excluding diaryl/α,β-unsaturated/α-hetero) is 1. The Balaban J connectivity index is 2.13. The second-order valence-corrected chi connectivity index (χ2v) is 5.05. The van der Waals surface area contributed by atoms with Gasteiger partial charge in [0.2, 0.25) is 5.78 Å². The van der Waals surface area contributed by atoms with Gasteiger partial charge in [0, 0.05) is 5.56 Å². The number of hydrogen-bond donors (Lipinski definition) is 0. The summed E-state index contributed by atoms with van der Waals surface area (Å²) in [5, 5.41) is 0. The third-order valence-corrected chi connectivity index (χ3v) is 3.60. The highest BCUT2D eigenvalue weighted by Crippen LogP contribution is 2.23. The number of ketones is 1. The van der Waals surface area contributed by atoms with Gasteiger partial charge in [-0.2, -0.15) is 0 Å². The number of methoxy groups -OCH3 is 1. The Kier molecular flexibility index (Phi) is 4.63. The topological polar surface area (TPSA) is 35.5 Å². The van der Waals surface area contributed by atoms with E-state index in [1.54, 1.807) is 38.3 Å². The molecule has 0 radical (unpaired) electrons. The van der Waals surface area contributed by atoms with Gasteiger partial charge in [-0.15, -0.1) is 0 Å². The molecule has 0 aliphatic carbocycles. The average Bonchev–Trinajstić information content (AvgIpc) is 2.51. The van der Waals surface area contributed by atoms with Crippen molar-refractivity contribution in [3.05, 3.63) is 59.2 Å². The molecule has 0 amide bonds. The fourth-order valence-corrected chi connectivity index (χ4v) is 2.09. The summed E-state index contributed by atoms with van der Waals surface area (Å²) in [6.45, 7) is 5.79. The summed E-state index contributed by atoms with van der Waals surface area (Å²) in [5.41, 5.74) is 2.83. The third-order valence-electron chi connectivity index (χ3n) is 3.60. The molecule has 0 aliphatic rings. The number of hydrogen-bond acceptors (Lipinski definition) is 3. The molecule has 1 atom stereocenters. The van der Waals surface area contributed by atoms with Crippen molar-refractivity contribution < 1.29 is 14.3 Å². The second kappa shape index (κ2) is 6.44. The molecule has 0 bridgehead atoms. The fourth-order valence-electron chi connectivity index (χ4n) is 2.09. The van der Waals surface area contributed by atoms with E-state index >= 15 is 0 Å². The Morgan fingerprint density at radius 1 is 1.05 bits per heavy atom. The van der Waals surface area contributed by atoms with Crippen LogP contribution in [0.5, 0.6) is 11.5 Å². The van der Waals surface area contributed by atoms with Crippen LogP contribution in [0.1, 0.15) is 28.4 Å². The predicted octanol–water partition coefficient (Wildman–Crippen LogP) is 3.96. The lowest BCUT2D eigenvalue weighted by Crippen LogP contribution is -2.24. The molecule has 0 saturated heterocycles. The van der Waals surface area contributed by atoms with Crippen LogP contribution in [0.4, 0.5) is 0 Å². The Hall–Kier alpha value is -2.29. The van der Waals surface area contributed by atoms with E-state index in [1.807, 2.05) is 32.0 Å². The van der Waals surface area contributed by atoms with Crippen LogP contribution in [-0.2, 0) is 0 Å². The molecule has 0 spiro atoms. The summed E-state index contributed by atoms with van der Waals surface area (Å²) in [6.07, 6.45) is -0.529. The van der Waals surface area contributed by atoms with Crippen molar-refractivity contribution in [2.24, 2.45) is 0 Å². The number of aryl methyl sites for hydroxylation is 1. The molecule has 0 N–H and O–H groups in total. The van der Waals surface area contributed by atoms with Crippen molar-refractivity contribution >= 4 is 5.78 Å². The first-order chi connectivity index (χ1) is 10.0. The first kappa shape index (κ1) is 15.1. The third kappa shape index (κ3) is 3.43. The summed E-state index contributed by atoms with van der Waals surface area (Å²) in [6, 6.07) is 12.9. The Labute approximate surface area is 125 Å². The summed E-state index contributed by atoms with van der Waals surface area (Å²) in [4.78, 5) is 12.4. The van der Waals surface area contributed by atoms with E-state index in [-0.39, 0.29) is 5.78 Å². The lowest BCUT2D eigenvalue weighted by molar-refractivity contribution is 0.0817. The largest absolute Gasteiger partial charge is 0.497 e. The highest BCUT2D eigenvalue weighted by molar-refractivity contribution is 5.99. The minimum absolute atomic E-state index is 0.0430. The van der Waals surface area contributed by atoms with Gasteiger partial charge in [0.1, 0.15) is 11.5 Å². The average molecular weight is 284 g/mol. The molecule has 3 nitrogen and oxygen atoms in total. The van der Waals surface area contributed by atoms with Crippen LogP contribution in [-0.4, -0.2) is 19.0 Å². The van der Waals surface area contributed by atoms with Gasteiger partial charge in [0.05, 0.1) is 7.11 Å². The van der Waals surface area contributed by atoms with Gasteiger partial charge in [-0.25, -0.2) is 0 Å². The maximum absolute atomic E-state index is 12.4. The molecule has 1 unspecified atom stereocenters. The number of carbonyl (C=O) groups excluding carboxylic acids is 1. The minimum Gasteiger partial charge on any atom is -0.497 e. The Morgan fingerprint density at radius 2 is 1.71 bits per heavy atom. The molecule has 21 heavy (non-hydrogen) atoms. The maximum Gasteiger partial charge on any atom is 0.202 e. The predicted molar refractivity (Wildman–Crippen MR) is 83.3 cm³/mol. The zero-order valence-electron chi connectivity index (χ0n) is 12.8. The van der Waals surface area contributed by atoms with E-state index in [1.165, 1.54) is 0 Å². The zero-order valence-corrected chi connectivity index (χ0v) is 12.8.